The Morgan fingerprint density at radius 2 is 2.14 bits per heavy atom. The van der Waals surface area contributed by atoms with Crippen LogP contribution in [-0.2, 0) is 4.79 Å². The van der Waals surface area contributed by atoms with Crippen molar-refractivity contribution in [2.24, 2.45) is 0 Å². The van der Waals surface area contributed by atoms with Crippen LogP contribution < -0.4 is 14.8 Å². The molecule has 3 rings (SSSR count). The van der Waals surface area contributed by atoms with Crippen LogP contribution >= 0.6 is 11.3 Å². The molecule has 1 aromatic heterocycles. The first-order valence-electron chi connectivity index (χ1n) is 6.84. The summed E-state index contributed by atoms with van der Waals surface area (Å²) >= 11 is 1.38. The predicted octanol–water partition coefficient (Wildman–Crippen LogP) is 3.04. The van der Waals surface area contributed by atoms with Crippen molar-refractivity contribution in [1.82, 2.24) is 10.2 Å². The van der Waals surface area contributed by atoms with Crippen molar-refractivity contribution in [3.05, 3.63) is 34.8 Å². The normalized spacial score (nSPS) is 13.0. The largest absolute Gasteiger partial charge is 0.454 e. The van der Waals surface area contributed by atoms with Crippen LogP contribution in [-0.4, -0.2) is 22.9 Å². The van der Waals surface area contributed by atoms with Crippen molar-refractivity contribution in [3.8, 4) is 11.5 Å². The Morgan fingerprint density at radius 3 is 2.91 bits per heavy atom. The van der Waals surface area contributed by atoms with Gasteiger partial charge in [0.2, 0.25) is 17.8 Å². The molecule has 6 nitrogen and oxygen atoms in total. The monoisotopic (exact) mass is 317 g/mol. The van der Waals surface area contributed by atoms with Gasteiger partial charge >= 0.3 is 0 Å². The van der Waals surface area contributed by atoms with Gasteiger partial charge in [-0.3, -0.25) is 10.1 Å². The SMILES string of the molecule is CC(C)c1nnc(NC(=O)/C=C/c2ccc3c(c2)OCO3)s1. The molecular formula is C15H15N3O3S. The van der Waals surface area contributed by atoms with Gasteiger partial charge in [-0.05, 0) is 23.8 Å². The zero-order valence-corrected chi connectivity index (χ0v) is 13.0. The van der Waals surface area contributed by atoms with Crippen molar-refractivity contribution in [2.75, 3.05) is 12.1 Å². The Kier molecular flexibility index (Phi) is 4.06. The molecule has 0 radical (unpaired) electrons. The fourth-order valence-electron chi connectivity index (χ4n) is 1.85. The highest BCUT2D eigenvalue weighted by Crippen LogP contribution is 2.32. The second kappa shape index (κ2) is 6.15. The molecule has 0 spiro atoms. The summed E-state index contributed by atoms with van der Waals surface area (Å²) in [7, 11) is 0. The number of hydrogen-bond acceptors (Lipinski definition) is 6. The van der Waals surface area contributed by atoms with Gasteiger partial charge in [0, 0.05) is 12.0 Å². The van der Waals surface area contributed by atoms with Crippen LogP contribution in [0.2, 0.25) is 0 Å². The quantitative estimate of drug-likeness (QED) is 0.877. The third-order valence-corrected chi connectivity index (χ3v) is 4.13. The Bertz CT molecular complexity index is 725. The second-order valence-corrected chi connectivity index (χ2v) is 6.04. The number of fused-ring (bicyclic) bond motifs is 1. The van der Waals surface area contributed by atoms with E-state index in [0.717, 1.165) is 16.3 Å². The Morgan fingerprint density at radius 1 is 1.32 bits per heavy atom. The fourth-order valence-corrected chi connectivity index (χ4v) is 2.60. The third-order valence-electron chi connectivity index (χ3n) is 2.99. The molecule has 1 amide bonds. The summed E-state index contributed by atoms with van der Waals surface area (Å²) in [5, 5.41) is 12.1. The number of rotatable bonds is 4. The molecule has 22 heavy (non-hydrogen) atoms. The number of benzene rings is 1. The van der Waals surface area contributed by atoms with Gasteiger partial charge in [0.1, 0.15) is 5.01 Å². The average molecular weight is 317 g/mol. The molecule has 114 valence electrons. The maximum Gasteiger partial charge on any atom is 0.250 e. The molecule has 0 fully saturated rings. The fraction of sp³-hybridized carbons (Fsp3) is 0.267. The molecule has 0 atom stereocenters. The van der Waals surface area contributed by atoms with Gasteiger partial charge in [0.15, 0.2) is 11.5 Å². The number of amides is 1. The molecule has 0 unspecified atom stereocenters. The summed E-state index contributed by atoms with van der Waals surface area (Å²) in [5.74, 6) is 1.46. The van der Waals surface area contributed by atoms with Crippen molar-refractivity contribution in [3.63, 3.8) is 0 Å². The standard InChI is InChI=1S/C15H15N3O3S/c1-9(2)14-17-18-15(22-14)16-13(19)6-4-10-3-5-11-12(7-10)21-8-20-11/h3-7,9H,8H2,1-2H3,(H,16,18,19)/b6-4+. The summed E-state index contributed by atoms with van der Waals surface area (Å²) in [6.07, 6.45) is 3.16. The van der Waals surface area contributed by atoms with E-state index in [1.54, 1.807) is 6.08 Å². The Hall–Kier alpha value is -2.41. The van der Waals surface area contributed by atoms with Crippen LogP contribution in [0.1, 0.15) is 30.3 Å². The number of ether oxygens (including phenoxy) is 2. The zero-order valence-electron chi connectivity index (χ0n) is 12.2. The van der Waals surface area contributed by atoms with Crippen LogP contribution in [0.4, 0.5) is 5.13 Å². The predicted molar refractivity (Wildman–Crippen MR) is 84.2 cm³/mol. The van der Waals surface area contributed by atoms with Gasteiger partial charge in [-0.2, -0.15) is 0 Å². The average Bonchev–Trinajstić information content (AvgIpc) is 3.13. The van der Waals surface area contributed by atoms with E-state index < -0.39 is 0 Å². The summed E-state index contributed by atoms with van der Waals surface area (Å²) in [4.78, 5) is 11.9. The molecule has 0 bridgehead atoms. The van der Waals surface area contributed by atoms with Crippen LogP contribution in [0.5, 0.6) is 11.5 Å². The van der Waals surface area contributed by atoms with Gasteiger partial charge in [0.05, 0.1) is 0 Å². The van der Waals surface area contributed by atoms with Gasteiger partial charge in [-0.25, -0.2) is 0 Å². The lowest BCUT2D eigenvalue weighted by molar-refractivity contribution is -0.111. The number of aromatic nitrogens is 2. The minimum Gasteiger partial charge on any atom is -0.454 e. The maximum atomic E-state index is 11.9. The summed E-state index contributed by atoms with van der Waals surface area (Å²) in [5.41, 5.74) is 0.861. The summed E-state index contributed by atoms with van der Waals surface area (Å²) in [6.45, 7) is 4.30. The molecule has 2 heterocycles. The molecule has 0 saturated heterocycles. The smallest absolute Gasteiger partial charge is 0.250 e. The number of nitrogens with zero attached hydrogens (tertiary/aromatic N) is 2. The molecule has 7 heteroatoms. The Labute approximate surface area is 131 Å². The molecule has 1 N–H and O–H groups in total. The lowest BCUT2D eigenvalue weighted by atomic mass is 10.2. The maximum absolute atomic E-state index is 11.9. The highest BCUT2D eigenvalue weighted by molar-refractivity contribution is 7.15. The van der Waals surface area contributed by atoms with E-state index >= 15 is 0 Å². The second-order valence-electron chi connectivity index (χ2n) is 5.04. The van der Waals surface area contributed by atoms with Gasteiger partial charge < -0.3 is 9.47 Å². The summed E-state index contributed by atoms with van der Waals surface area (Å²) < 4.78 is 10.5. The third kappa shape index (κ3) is 3.25. The highest BCUT2D eigenvalue weighted by Gasteiger charge is 2.12. The molecular weight excluding hydrogens is 302 g/mol. The topological polar surface area (TPSA) is 73.3 Å². The number of anilines is 1. The van der Waals surface area contributed by atoms with E-state index in [4.69, 9.17) is 9.47 Å². The van der Waals surface area contributed by atoms with Crippen molar-refractivity contribution >= 4 is 28.5 Å². The number of nitrogens with one attached hydrogen (secondary N) is 1. The van der Waals surface area contributed by atoms with Crippen LogP contribution in [0.25, 0.3) is 6.08 Å². The van der Waals surface area contributed by atoms with E-state index in [-0.39, 0.29) is 12.7 Å². The minimum absolute atomic E-state index is 0.234. The van der Waals surface area contributed by atoms with Crippen molar-refractivity contribution in [1.29, 1.82) is 0 Å². The lowest BCUT2D eigenvalue weighted by Gasteiger charge is -1.98. The van der Waals surface area contributed by atoms with Crippen molar-refractivity contribution in [2.45, 2.75) is 19.8 Å². The molecule has 0 aliphatic carbocycles. The molecule has 2 aromatic rings. The van der Waals surface area contributed by atoms with Crippen molar-refractivity contribution < 1.29 is 14.3 Å². The van der Waals surface area contributed by atoms with E-state index in [2.05, 4.69) is 15.5 Å². The van der Waals surface area contributed by atoms with Crippen LogP contribution in [0.3, 0.4) is 0 Å². The first-order chi connectivity index (χ1) is 10.6. The van der Waals surface area contributed by atoms with Gasteiger partial charge in [-0.1, -0.05) is 31.3 Å². The van der Waals surface area contributed by atoms with Gasteiger partial charge in [0.25, 0.3) is 0 Å². The lowest BCUT2D eigenvalue weighted by Crippen LogP contribution is -2.07. The van der Waals surface area contributed by atoms with E-state index in [0.29, 0.717) is 16.8 Å². The Balaban J connectivity index is 1.63. The number of carbonyl (C=O) groups is 1. The number of hydrogen-bond donors (Lipinski definition) is 1. The van der Waals surface area contributed by atoms with Crippen LogP contribution in [0.15, 0.2) is 24.3 Å². The molecule has 0 saturated carbocycles. The minimum atomic E-state index is -0.246. The molecule has 1 aliphatic heterocycles. The van der Waals surface area contributed by atoms with Gasteiger partial charge in [-0.15, -0.1) is 10.2 Å². The number of carbonyl (C=O) groups excluding carboxylic acids is 1. The molecule has 1 aliphatic rings. The first-order valence-corrected chi connectivity index (χ1v) is 7.65. The van der Waals surface area contributed by atoms with E-state index in [9.17, 15) is 4.79 Å². The van der Waals surface area contributed by atoms with Crippen LogP contribution in [0, 0.1) is 0 Å². The highest BCUT2D eigenvalue weighted by atomic mass is 32.1. The zero-order chi connectivity index (χ0) is 15.5. The molecule has 1 aromatic carbocycles. The van der Waals surface area contributed by atoms with E-state index in [1.165, 1.54) is 17.4 Å². The summed E-state index contributed by atoms with van der Waals surface area (Å²) in [6, 6.07) is 5.51. The first kappa shape index (κ1) is 14.5. The van der Waals surface area contributed by atoms with E-state index in [1.807, 2.05) is 32.0 Å².